The molecule has 2 aromatic carbocycles. The molecule has 0 aliphatic carbocycles. The van der Waals surface area contributed by atoms with Crippen LogP contribution in [0.25, 0.3) is 0 Å². The molecular weight excluding hydrogens is 282 g/mol. The van der Waals surface area contributed by atoms with Gasteiger partial charge in [0.1, 0.15) is 5.75 Å². The molecule has 0 bridgehead atoms. The number of methoxy groups -OCH3 is 1. The smallest absolute Gasteiger partial charge is 0.137 e. The van der Waals surface area contributed by atoms with Gasteiger partial charge in [-0.15, -0.1) is 0 Å². The van der Waals surface area contributed by atoms with Gasteiger partial charge in [-0.1, -0.05) is 48.4 Å². The average Bonchev–Trinajstić information content (AvgIpc) is 2.47. The fraction of sp³-hybridized carbons (Fsp3) is 0.333. The lowest BCUT2D eigenvalue weighted by Crippen LogP contribution is -2.23. The summed E-state index contributed by atoms with van der Waals surface area (Å²) in [5.41, 5.74) is 4.98. The zero-order valence-corrected chi connectivity index (χ0v) is 13.8. The van der Waals surface area contributed by atoms with Gasteiger partial charge in [-0.3, -0.25) is 0 Å². The summed E-state index contributed by atoms with van der Waals surface area (Å²) >= 11 is 6.28. The number of nitrogens with one attached hydrogen (secondary N) is 1. The highest BCUT2D eigenvalue weighted by atomic mass is 35.5. The van der Waals surface area contributed by atoms with E-state index in [9.17, 15) is 0 Å². The molecule has 0 saturated heterocycles. The van der Waals surface area contributed by atoms with E-state index in [0.717, 1.165) is 12.1 Å². The molecule has 0 aliphatic rings. The Bertz CT molecular complexity index is 625. The van der Waals surface area contributed by atoms with Crippen LogP contribution in [0.15, 0.2) is 36.4 Å². The van der Waals surface area contributed by atoms with Crippen LogP contribution in [0.5, 0.6) is 5.75 Å². The van der Waals surface area contributed by atoms with Crippen LogP contribution in [0, 0.1) is 13.8 Å². The van der Waals surface area contributed by atoms with Gasteiger partial charge >= 0.3 is 0 Å². The summed E-state index contributed by atoms with van der Waals surface area (Å²) in [5, 5.41) is 4.19. The van der Waals surface area contributed by atoms with E-state index in [1.54, 1.807) is 7.11 Å². The number of aryl methyl sites for hydroxylation is 2. The predicted octanol–water partition coefficient (Wildman–Crippen LogP) is 4.66. The van der Waals surface area contributed by atoms with Crippen molar-refractivity contribution >= 4 is 11.6 Å². The summed E-state index contributed by atoms with van der Waals surface area (Å²) in [6.07, 6.45) is 0. The van der Waals surface area contributed by atoms with Crippen molar-refractivity contribution in [3.05, 3.63) is 63.7 Å². The Morgan fingerprint density at radius 3 is 2.52 bits per heavy atom. The number of halogens is 1. The predicted molar refractivity (Wildman–Crippen MR) is 89.4 cm³/mol. The Kier molecular flexibility index (Phi) is 5.27. The van der Waals surface area contributed by atoms with Crippen LogP contribution >= 0.6 is 11.6 Å². The Labute approximate surface area is 132 Å². The molecule has 0 heterocycles. The molecule has 2 nitrogen and oxygen atoms in total. The standard InChI is InChI=1S/C18H22ClNO/c1-5-20-18(15-10-12(2)6-7-13(15)3)14-8-9-17(21-4)16(19)11-14/h6-11,18,20H,5H2,1-4H3. The molecule has 0 radical (unpaired) electrons. The SMILES string of the molecule is CCNC(c1ccc(OC)c(Cl)c1)c1cc(C)ccc1C. The summed E-state index contributed by atoms with van der Waals surface area (Å²) in [6, 6.07) is 12.7. The van der Waals surface area contributed by atoms with E-state index in [0.29, 0.717) is 10.8 Å². The van der Waals surface area contributed by atoms with Crippen molar-refractivity contribution in [1.82, 2.24) is 5.32 Å². The molecule has 3 heteroatoms. The van der Waals surface area contributed by atoms with Gasteiger partial charge in [0.25, 0.3) is 0 Å². The lowest BCUT2D eigenvalue weighted by Gasteiger charge is -2.22. The molecular formula is C18H22ClNO. The van der Waals surface area contributed by atoms with Gasteiger partial charge < -0.3 is 10.1 Å². The summed E-state index contributed by atoms with van der Waals surface area (Å²) in [5.74, 6) is 0.705. The number of benzene rings is 2. The number of rotatable bonds is 5. The summed E-state index contributed by atoms with van der Waals surface area (Å²) in [7, 11) is 1.63. The molecule has 2 rings (SSSR count). The number of ether oxygens (including phenoxy) is 1. The Hall–Kier alpha value is -1.51. The Morgan fingerprint density at radius 1 is 1.14 bits per heavy atom. The molecule has 21 heavy (non-hydrogen) atoms. The molecule has 0 saturated carbocycles. The zero-order valence-electron chi connectivity index (χ0n) is 13.0. The maximum absolute atomic E-state index is 6.28. The quantitative estimate of drug-likeness (QED) is 0.867. The fourth-order valence-electron chi connectivity index (χ4n) is 2.54. The second kappa shape index (κ2) is 6.97. The molecule has 0 aliphatic heterocycles. The highest BCUT2D eigenvalue weighted by Crippen LogP contribution is 2.31. The van der Waals surface area contributed by atoms with Crippen molar-refractivity contribution in [3.8, 4) is 5.75 Å². The monoisotopic (exact) mass is 303 g/mol. The van der Waals surface area contributed by atoms with Crippen LogP contribution < -0.4 is 10.1 Å². The minimum absolute atomic E-state index is 0.137. The molecule has 0 fully saturated rings. The maximum Gasteiger partial charge on any atom is 0.137 e. The average molecular weight is 304 g/mol. The normalized spacial score (nSPS) is 12.2. The maximum atomic E-state index is 6.28. The van der Waals surface area contributed by atoms with Crippen molar-refractivity contribution in [3.63, 3.8) is 0 Å². The molecule has 112 valence electrons. The van der Waals surface area contributed by atoms with Crippen molar-refractivity contribution in [1.29, 1.82) is 0 Å². The van der Waals surface area contributed by atoms with Crippen LogP contribution in [-0.4, -0.2) is 13.7 Å². The first-order chi connectivity index (χ1) is 10.1. The highest BCUT2D eigenvalue weighted by Gasteiger charge is 2.16. The zero-order chi connectivity index (χ0) is 15.4. The minimum atomic E-state index is 0.137. The minimum Gasteiger partial charge on any atom is -0.495 e. The lowest BCUT2D eigenvalue weighted by atomic mass is 9.93. The van der Waals surface area contributed by atoms with Gasteiger partial charge in [0.2, 0.25) is 0 Å². The van der Waals surface area contributed by atoms with Crippen LogP contribution in [0.1, 0.15) is 35.2 Å². The third-order valence-corrected chi connectivity index (χ3v) is 3.96. The van der Waals surface area contributed by atoms with Crippen LogP contribution in [-0.2, 0) is 0 Å². The van der Waals surface area contributed by atoms with Gasteiger partial charge in [0.15, 0.2) is 0 Å². The molecule has 1 N–H and O–H groups in total. The Morgan fingerprint density at radius 2 is 1.90 bits per heavy atom. The fourth-order valence-corrected chi connectivity index (χ4v) is 2.81. The molecule has 2 aromatic rings. The van der Waals surface area contributed by atoms with Crippen molar-refractivity contribution in [2.24, 2.45) is 0 Å². The highest BCUT2D eigenvalue weighted by molar-refractivity contribution is 6.32. The van der Waals surface area contributed by atoms with Crippen molar-refractivity contribution in [2.75, 3.05) is 13.7 Å². The van der Waals surface area contributed by atoms with E-state index in [4.69, 9.17) is 16.3 Å². The summed E-state index contributed by atoms with van der Waals surface area (Å²) < 4.78 is 5.24. The molecule has 0 spiro atoms. The van der Waals surface area contributed by atoms with Gasteiger partial charge in [0, 0.05) is 0 Å². The third-order valence-electron chi connectivity index (χ3n) is 3.66. The van der Waals surface area contributed by atoms with E-state index < -0.39 is 0 Å². The van der Waals surface area contributed by atoms with Crippen LogP contribution in [0.4, 0.5) is 0 Å². The topological polar surface area (TPSA) is 21.3 Å². The van der Waals surface area contributed by atoms with Crippen LogP contribution in [0.3, 0.4) is 0 Å². The van der Waals surface area contributed by atoms with Gasteiger partial charge in [-0.2, -0.15) is 0 Å². The van der Waals surface area contributed by atoms with Crippen molar-refractivity contribution in [2.45, 2.75) is 26.8 Å². The van der Waals surface area contributed by atoms with Gasteiger partial charge in [-0.05, 0) is 49.2 Å². The summed E-state index contributed by atoms with van der Waals surface area (Å²) in [4.78, 5) is 0. The number of hydrogen-bond donors (Lipinski definition) is 1. The van der Waals surface area contributed by atoms with Gasteiger partial charge in [0.05, 0.1) is 18.2 Å². The van der Waals surface area contributed by atoms with Gasteiger partial charge in [-0.25, -0.2) is 0 Å². The largest absolute Gasteiger partial charge is 0.495 e. The van der Waals surface area contributed by atoms with Crippen LogP contribution in [0.2, 0.25) is 5.02 Å². The first-order valence-corrected chi connectivity index (χ1v) is 7.58. The van der Waals surface area contributed by atoms with E-state index in [-0.39, 0.29) is 6.04 Å². The first-order valence-electron chi connectivity index (χ1n) is 7.20. The second-order valence-electron chi connectivity index (χ2n) is 5.24. The van der Waals surface area contributed by atoms with E-state index >= 15 is 0 Å². The summed E-state index contributed by atoms with van der Waals surface area (Å²) in [6.45, 7) is 7.27. The second-order valence-corrected chi connectivity index (χ2v) is 5.65. The van der Waals surface area contributed by atoms with E-state index in [1.807, 2.05) is 12.1 Å². The molecule has 1 atom stereocenters. The number of hydrogen-bond acceptors (Lipinski definition) is 2. The molecule has 0 aromatic heterocycles. The van der Waals surface area contributed by atoms with Crippen molar-refractivity contribution < 1.29 is 4.74 Å². The lowest BCUT2D eigenvalue weighted by molar-refractivity contribution is 0.414. The molecule has 0 amide bonds. The third kappa shape index (κ3) is 3.58. The Balaban J connectivity index is 2.48. The molecule has 1 unspecified atom stereocenters. The van der Waals surface area contributed by atoms with E-state index in [1.165, 1.54) is 16.7 Å². The van der Waals surface area contributed by atoms with E-state index in [2.05, 4.69) is 50.4 Å². The first kappa shape index (κ1) is 15.9.